The molecule has 0 aliphatic carbocycles. The smallest absolute Gasteiger partial charge is 0.276 e. The van der Waals surface area contributed by atoms with Gasteiger partial charge in [-0.25, -0.2) is 5.01 Å². The number of hydrogen-bond donors (Lipinski definition) is 2. The Kier molecular flexibility index (Phi) is 4.50. The van der Waals surface area contributed by atoms with Gasteiger partial charge >= 0.3 is 0 Å². The Labute approximate surface area is 163 Å². The highest BCUT2D eigenvalue weighted by Gasteiger charge is 2.34. The average molecular weight is 394 g/mol. The Balaban J connectivity index is 1.64. The molecule has 28 heavy (non-hydrogen) atoms. The molecule has 1 aliphatic heterocycles. The number of benzene rings is 2. The summed E-state index contributed by atoms with van der Waals surface area (Å²) in [5.41, 5.74) is 3.86. The molecule has 0 spiro atoms. The maximum atomic E-state index is 13.0. The first-order valence-electron chi connectivity index (χ1n) is 8.32. The molecule has 1 aliphatic rings. The van der Waals surface area contributed by atoms with Gasteiger partial charge in [0.2, 0.25) is 0 Å². The van der Waals surface area contributed by atoms with E-state index in [4.69, 9.17) is 0 Å². The monoisotopic (exact) mass is 394 g/mol. The standard InChI is InChI=1S/C19H14N4O4S/c24-18(12-7-9-13(10-8-12)23(26)27)21-22-17(16-6-3-11-28-16)20-15-5-2-1-4-14(15)19(22)25/h1-11,17,20H,(H,21,24)/t17-/m1/s1. The second kappa shape index (κ2) is 7.12. The summed E-state index contributed by atoms with van der Waals surface area (Å²) >= 11 is 1.46. The predicted octanol–water partition coefficient (Wildman–Crippen LogP) is 3.57. The van der Waals surface area contributed by atoms with Gasteiger partial charge in [0.05, 0.1) is 10.5 Å². The first-order chi connectivity index (χ1) is 13.5. The minimum atomic E-state index is -0.565. The summed E-state index contributed by atoms with van der Waals surface area (Å²) in [4.78, 5) is 36.8. The first-order valence-corrected chi connectivity index (χ1v) is 9.20. The fourth-order valence-electron chi connectivity index (χ4n) is 2.92. The van der Waals surface area contributed by atoms with Crippen LogP contribution >= 0.6 is 11.3 Å². The second-order valence-electron chi connectivity index (χ2n) is 6.03. The van der Waals surface area contributed by atoms with Crippen LogP contribution in [0.2, 0.25) is 0 Å². The number of carbonyl (C=O) groups is 2. The summed E-state index contributed by atoms with van der Waals surface area (Å²) in [5, 5.41) is 17.2. The van der Waals surface area contributed by atoms with E-state index in [9.17, 15) is 19.7 Å². The number of nitrogens with one attached hydrogen (secondary N) is 2. The van der Waals surface area contributed by atoms with Crippen molar-refractivity contribution in [2.45, 2.75) is 6.17 Å². The zero-order chi connectivity index (χ0) is 19.7. The van der Waals surface area contributed by atoms with Gasteiger partial charge in [-0.05, 0) is 35.7 Å². The van der Waals surface area contributed by atoms with Crippen LogP contribution in [0.3, 0.4) is 0 Å². The number of thiophene rings is 1. The van der Waals surface area contributed by atoms with Crippen molar-refractivity contribution < 1.29 is 14.5 Å². The molecule has 2 amide bonds. The maximum Gasteiger partial charge on any atom is 0.276 e. The first kappa shape index (κ1) is 17.7. The molecule has 0 bridgehead atoms. The van der Waals surface area contributed by atoms with Gasteiger partial charge in [0, 0.05) is 28.3 Å². The Hall–Kier alpha value is -3.72. The highest BCUT2D eigenvalue weighted by atomic mass is 32.1. The quantitative estimate of drug-likeness (QED) is 0.520. The van der Waals surface area contributed by atoms with E-state index in [0.717, 1.165) is 4.88 Å². The van der Waals surface area contributed by atoms with Crippen molar-refractivity contribution in [3.05, 3.63) is 92.2 Å². The largest absolute Gasteiger partial charge is 0.359 e. The third-order valence-electron chi connectivity index (χ3n) is 4.30. The Morgan fingerprint density at radius 2 is 1.86 bits per heavy atom. The van der Waals surface area contributed by atoms with Gasteiger partial charge in [0.25, 0.3) is 17.5 Å². The average Bonchev–Trinajstić information content (AvgIpc) is 3.24. The normalized spacial score (nSPS) is 15.5. The lowest BCUT2D eigenvalue weighted by Gasteiger charge is -2.37. The third-order valence-corrected chi connectivity index (χ3v) is 5.23. The van der Waals surface area contributed by atoms with Crippen molar-refractivity contribution in [1.29, 1.82) is 0 Å². The lowest BCUT2D eigenvalue weighted by atomic mass is 10.1. The van der Waals surface area contributed by atoms with Gasteiger partial charge < -0.3 is 5.32 Å². The van der Waals surface area contributed by atoms with Gasteiger partial charge in [-0.2, -0.15) is 0 Å². The molecule has 8 nitrogen and oxygen atoms in total. The number of para-hydroxylation sites is 1. The van der Waals surface area contributed by atoms with Crippen LogP contribution in [0.1, 0.15) is 31.8 Å². The molecule has 1 atom stereocenters. The summed E-state index contributed by atoms with van der Waals surface area (Å²) in [5.74, 6) is -0.881. The molecule has 4 rings (SSSR count). The Morgan fingerprint density at radius 3 is 2.54 bits per heavy atom. The van der Waals surface area contributed by atoms with Gasteiger partial charge in [0.1, 0.15) is 0 Å². The minimum Gasteiger partial charge on any atom is -0.359 e. The molecule has 0 radical (unpaired) electrons. The number of non-ortho nitro benzene ring substituents is 1. The highest BCUT2D eigenvalue weighted by molar-refractivity contribution is 7.10. The number of hydrogen-bond acceptors (Lipinski definition) is 6. The molecule has 1 aromatic heterocycles. The molecule has 2 aromatic carbocycles. The van der Waals surface area contributed by atoms with Gasteiger partial charge in [-0.15, -0.1) is 11.3 Å². The SMILES string of the molecule is O=C(NN1C(=O)c2ccccc2N[C@H]1c1cccs1)c1ccc([N+](=O)[O-])cc1. The molecule has 0 saturated carbocycles. The number of nitro benzene ring substituents is 1. The van der Waals surface area contributed by atoms with E-state index < -0.39 is 17.0 Å². The van der Waals surface area contributed by atoms with Crippen LogP contribution in [-0.4, -0.2) is 21.7 Å². The number of amides is 2. The lowest BCUT2D eigenvalue weighted by Crippen LogP contribution is -2.52. The summed E-state index contributed by atoms with van der Waals surface area (Å²) < 4.78 is 0. The van der Waals surface area contributed by atoms with E-state index >= 15 is 0 Å². The van der Waals surface area contributed by atoms with Crippen LogP contribution in [0.25, 0.3) is 0 Å². The molecular weight excluding hydrogens is 380 g/mol. The lowest BCUT2D eigenvalue weighted by molar-refractivity contribution is -0.384. The zero-order valence-corrected chi connectivity index (χ0v) is 15.2. The van der Waals surface area contributed by atoms with Crippen LogP contribution in [0.4, 0.5) is 11.4 Å². The van der Waals surface area contributed by atoms with Crippen LogP contribution in [0, 0.1) is 10.1 Å². The molecule has 0 unspecified atom stereocenters. The number of nitrogens with zero attached hydrogens (tertiary/aromatic N) is 2. The van der Waals surface area contributed by atoms with Crippen LogP contribution in [0.5, 0.6) is 0 Å². The number of hydrazine groups is 1. The molecule has 140 valence electrons. The highest BCUT2D eigenvalue weighted by Crippen LogP contribution is 2.33. The van der Waals surface area contributed by atoms with Crippen molar-refractivity contribution in [3.63, 3.8) is 0 Å². The number of carbonyl (C=O) groups excluding carboxylic acids is 2. The van der Waals surface area contributed by atoms with Crippen molar-refractivity contribution >= 4 is 34.5 Å². The summed E-state index contributed by atoms with van der Waals surface area (Å²) in [6.07, 6.45) is -0.565. The Morgan fingerprint density at radius 1 is 1.11 bits per heavy atom. The van der Waals surface area contributed by atoms with E-state index in [1.165, 1.54) is 40.6 Å². The molecule has 0 fully saturated rings. The van der Waals surface area contributed by atoms with Crippen LogP contribution < -0.4 is 10.7 Å². The summed E-state index contributed by atoms with van der Waals surface area (Å²) in [7, 11) is 0. The molecule has 2 heterocycles. The number of fused-ring (bicyclic) bond motifs is 1. The fourth-order valence-corrected chi connectivity index (χ4v) is 3.69. The van der Waals surface area contributed by atoms with Gasteiger partial charge in [-0.3, -0.25) is 25.1 Å². The third kappa shape index (κ3) is 3.19. The Bertz CT molecular complexity index is 1050. The van der Waals surface area contributed by atoms with E-state index in [1.54, 1.807) is 12.1 Å². The van der Waals surface area contributed by atoms with E-state index in [1.807, 2.05) is 29.6 Å². The predicted molar refractivity (Wildman–Crippen MR) is 104 cm³/mol. The van der Waals surface area contributed by atoms with Crippen molar-refractivity contribution in [1.82, 2.24) is 10.4 Å². The molecule has 0 saturated heterocycles. The second-order valence-corrected chi connectivity index (χ2v) is 7.01. The van der Waals surface area contributed by atoms with Crippen molar-refractivity contribution in [3.8, 4) is 0 Å². The maximum absolute atomic E-state index is 13.0. The topological polar surface area (TPSA) is 105 Å². The number of rotatable bonds is 4. The van der Waals surface area contributed by atoms with E-state index in [2.05, 4.69) is 10.7 Å². The van der Waals surface area contributed by atoms with Crippen molar-refractivity contribution in [2.75, 3.05) is 5.32 Å². The van der Waals surface area contributed by atoms with E-state index in [-0.39, 0.29) is 17.2 Å². The molecule has 2 N–H and O–H groups in total. The number of nitro groups is 1. The molecule has 3 aromatic rings. The van der Waals surface area contributed by atoms with Gasteiger partial charge in [-0.1, -0.05) is 18.2 Å². The minimum absolute atomic E-state index is 0.113. The van der Waals surface area contributed by atoms with Gasteiger partial charge in [0.15, 0.2) is 6.17 Å². The fraction of sp³-hybridized carbons (Fsp3) is 0.0526. The zero-order valence-electron chi connectivity index (χ0n) is 14.4. The summed E-state index contributed by atoms with van der Waals surface area (Å²) in [6.45, 7) is 0. The molecule has 9 heteroatoms. The van der Waals surface area contributed by atoms with E-state index in [0.29, 0.717) is 11.3 Å². The molecular formula is C19H14N4O4S. The van der Waals surface area contributed by atoms with Crippen LogP contribution in [-0.2, 0) is 0 Å². The number of anilines is 1. The van der Waals surface area contributed by atoms with Crippen LogP contribution in [0.15, 0.2) is 66.0 Å². The summed E-state index contributed by atoms with van der Waals surface area (Å²) in [6, 6.07) is 16.0. The van der Waals surface area contributed by atoms with Crippen molar-refractivity contribution in [2.24, 2.45) is 0 Å².